The van der Waals surface area contributed by atoms with Crippen LogP contribution in [-0.2, 0) is 28.6 Å². The van der Waals surface area contributed by atoms with Crippen molar-refractivity contribution < 1.29 is 38.2 Å². The Hall–Kier alpha value is -3.23. The Morgan fingerprint density at radius 2 is 0.952 bits per heavy atom. The first-order chi connectivity index (χ1) is 30.1. The molecule has 0 saturated heterocycles. The minimum absolute atomic E-state index is 0.0254. The van der Waals surface area contributed by atoms with Gasteiger partial charge in [0.05, 0.1) is 40.3 Å². The number of allylic oxidation sites excluding steroid dienone is 12. The van der Waals surface area contributed by atoms with Crippen molar-refractivity contribution >= 4 is 17.9 Å². The first-order valence-corrected chi connectivity index (χ1v) is 25.0. The van der Waals surface area contributed by atoms with Gasteiger partial charge in [-0.3, -0.25) is 9.59 Å². The average molecular weight is 868 g/mol. The van der Waals surface area contributed by atoms with Gasteiger partial charge < -0.3 is 28.6 Å². The highest BCUT2D eigenvalue weighted by Crippen LogP contribution is 2.14. The summed E-state index contributed by atoms with van der Waals surface area (Å²) in [5, 5.41) is 11.7. The van der Waals surface area contributed by atoms with E-state index in [0.29, 0.717) is 6.42 Å². The van der Waals surface area contributed by atoms with E-state index in [-0.39, 0.29) is 49.1 Å². The number of nitrogens with zero attached hydrogens (tertiary/aromatic N) is 1. The molecule has 2 atom stereocenters. The van der Waals surface area contributed by atoms with Crippen molar-refractivity contribution in [1.29, 1.82) is 0 Å². The number of carbonyl (C=O) groups is 3. The zero-order valence-electron chi connectivity index (χ0n) is 40.5. The number of likely N-dealkylation sites (N-methyl/N-ethyl adjacent to an activating group) is 1. The Morgan fingerprint density at radius 1 is 0.516 bits per heavy atom. The van der Waals surface area contributed by atoms with Gasteiger partial charge in [-0.2, -0.15) is 0 Å². The number of quaternary nitrogens is 1. The molecule has 2 unspecified atom stereocenters. The highest BCUT2D eigenvalue weighted by atomic mass is 16.6. The van der Waals surface area contributed by atoms with Gasteiger partial charge in [0.2, 0.25) is 0 Å². The summed E-state index contributed by atoms with van der Waals surface area (Å²) in [6, 6.07) is -0.735. The van der Waals surface area contributed by atoms with Crippen molar-refractivity contribution in [1.82, 2.24) is 0 Å². The molecular formula is C54H93NO7. The van der Waals surface area contributed by atoms with E-state index in [2.05, 4.69) is 86.8 Å². The predicted octanol–water partition coefficient (Wildman–Crippen LogP) is 13.0. The smallest absolute Gasteiger partial charge is 0.306 e. The molecule has 356 valence electrons. The second-order valence-corrected chi connectivity index (χ2v) is 17.7. The maximum Gasteiger partial charge on any atom is 0.306 e. The lowest BCUT2D eigenvalue weighted by molar-refractivity contribution is -0.889. The Labute approximate surface area is 381 Å². The summed E-state index contributed by atoms with van der Waals surface area (Å²) in [6.07, 6.45) is 56.4. The largest absolute Gasteiger partial charge is 0.544 e. The fourth-order valence-corrected chi connectivity index (χ4v) is 6.99. The SMILES string of the molecule is CC/C=C/C/C=C/C/C=C/C/C=C/CCCCCCCCCCCC(=O)OCC(COCCC(C(=O)[O-])[N+](C)(C)C)OC(=O)CCCCC/C=C/C=C/CCCCCCCCC. The molecule has 0 bridgehead atoms. The summed E-state index contributed by atoms with van der Waals surface area (Å²) in [4.78, 5) is 37.0. The van der Waals surface area contributed by atoms with Crippen molar-refractivity contribution in [2.75, 3.05) is 41.0 Å². The molecule has 0 amide bonds. The van der Waals surface area contributed by atoms with Gasteiger partial charge in [-0.1, -0.05) is 177 Å². The maximum absolute atomic E-state index is 12.7. The van der Waals surface area contributed by atoms with E-state index >= 15 is 0 Å². The van der Waals surface area contributed by atoms with E-state index in [1.54, 1.807) is 21.1 Å². The van der Waals surface area contributed by atoms with E-state index in [1.165, 1.54) is 83.5 Å². The van der Waals surface area contributed by atoms with Gasteiger partial charge in [-0.25, -0.2) is 0 Å². The van der Waals surface area contributed by atoms with E-state index in [1.807, 2.05) is 0 Å². The number of unbranched alkanes of at least 4 members (excludes halogenated alkanes) is 19. The maximum atomic E-state index is 12.7. The summed E-state index contributed by atoms with van der Waals surface area (Å²) < 4.78 is 17.2. The third kappa shape index (κ3) is 42.1. The molecule has 0 heterocycles. The number of carboxylic acid groups (broad SMARTS) is 1. The normalized spacial score (nSPS) is 13.5. The van der Waals surface area contributed by atoms with Gasteiger partial charge in [0.25, 0.3) is 0 Å². The summed E-state index contributed by atoms with van der Waals surface area (Å²) in [7, 11) is 5.40. The third-order valence-electron chi connectivity index (χ3n) is 10.9. The molecule has 0 aromatic heterocycles. The van der Waals surface area contributed by atoms with Crippen LogP contribution < -0.4 is 5.11 Å². The van der Waals surface area contributed by atoms with Gasteiger partial charge in [0.15, 0.2) is 6.10 Å². The number of esters is 2. The molecule has 0 aliphatic carbocycles. The Balaban J connectivity index is 4.30. The van der Waals surface area contributed by atoms with Crippen LogP contribution in [0.5, 0.6) is 0 Å². The minimum Gasteiger partial charge on any atom is -0.544 e. The molecule has 0 spiro atoms. The van der Waals surface area contributed by atoms with Crippen LogP contribution in [-0.4, -0.2) is 75.5 Å². The highest BCUT2D eigenvalue weighted by Gasteiger charge is 2.25. The van der Waals surface area contributed by atoms with E-state index in [0.717, 1.165) is 83.5 Å². The van der Waals surface area contributed by atoms with Gasteiger partial charge in [0, 0.05) is 19.3 Å². The van der Waals surface area contributed by atoms with Crippen LogP contribution in [0.25, 0.3) is 0 Å². The summed E-state index contributed by atoms with van der Waals surface area (Å²) >= 11 is 0. The van der Waals surface area contributed by atoms with E-state index in [9.17, 15) is 19.5 Å². The summed E-state index contributed by atoms with van der Waals surface area (Å²) in [5.74, 6) is -1.78. The van der Waals surface area contributed by atoms with Crippen molar-refractivity contribution in [2.24, 2.45) is 0 Å². The molecule has 0 aromatic rings. The van der Waals surface area contributed by atoms with Crippen LogP contribution in [0.15, 0.2) is 72.9 Å². The van der Waals surface area contributed by atoms with Crippen LogP contribution in [0.3, 0.4) is 0 Å². The van der Waals surface area contributed by atoms with Crippen LogP contribution in [0.2, 0.25) is 0 Å². The molecule has 0 saturated carbocycles. The minimum atomic E-state index is -1.13. The lowest BCUT2D eigenvalue weighted by atomic mass is 10.1. The van der Waals surface area contributed by atoms with E-state index < -0.39 is 18.1 Å². The van der Waals surface area contributed by atoms with Gasteiger partial charge in [0.1, 0.15) is 12.6 Å². The molecule has 8 heteroatoms. The van der Waals surface area contributed by atoms with Crippen LogP contribution in [0, 0.1) is 0 Å². The molecule has 0 radical (unpaired) electrons. The fourth-order valence-electron chi connectivity index (χ4n) is 6.99. The second-order valence-electron chi connectivity index (χ2n) is 17.7. The lowest BCUT2D eigenvalue weighted by Gasteiger charge is -2.34. The van der Waals surface area contributed by atoms with Crippen molar-refractivity contribution in [2.45, 2.75) is 212 Å². The van der Waals surface area contributed by atoms with Crippen molar-refractivity contribution in [3.05, 3.63) is 72.9 Å². The number of carbonyl (C=O) groups excluding carboxylic acids is 3. The molecular weight excluding hydrogens is 775 g/mol. The van der Waals surface area contributed by atoms with Crippen LogP contribution in [0.1, 0.15) is 200 Å². The zero-order valence-corrected chi connectivity index (χ0v) is 40.5. The van der Waals surface area contributed by atoms with Gasteiger partial charge in [-0.15, -0.1) is 0 Å². The third-order valence-corrected chi connectivity index (χ3v) is 10.9. The van der Waals surface area contributed by atoms with Crippen molar-refractivity contribution in [3.8, 4) is 0 Å². The topological polar surface area (TPSA) is 102 Å². The first-order valence-electron chi connectivity index (χ1n) is 25.0. The zero-order chi connectivity index (χ0) is 45.6. The number of carboxylic acids is 1. The number of hydrogen-bond acceptors (Lipinski definition) is 7. The first kappa shape index (κ1) is 58.8. The van der Waals surface area contributed by atoms with Gasteiger partial charge in [-0.05, 0) is 77.0 Å². The molecule has 0 aromatic carbocycles. The standard InChI is InChI=1S/C54H93NO7/c1-6-8-10-12-14-16-18-20-22-24-25-26-27-28-29-31-32-34-36-38-40-42-44-52(56)61-49-50(48-60-47-46-51(54(58)59)55(3,4)5)62-53(57)45-43-41-39-37-35-33-30-23-21-19-17-15-13-11-9-7-2/h8,10,14,16,20,22-23,25-26,30,33,35,50-51H,6-7,9,11-13,15,17-19,21,24,27-29,31-32,34,36-49H2,1-5H3/b10-8+,16-14+,22-20+,26-25+,30-23+,35-33+. The monoisotopic (exact) mass is 868 g/mol. The number of ether oxygens (including phenoxy) is 3. The molecule has 0 rings (SSSR count). The molecule has 62 heavy (non-hydrogen) atoms. The predicted molar refractivity (Wildman–Crippen MR) is 259 cm³/mol. The van der Waals surface area contributed by atoms with Gasteiger partial charge >= 0.3 is 11.9 Å². The Bertz CT molecular complexity index is 1240. The lowest BCUT2D eigenvalue weighted by Crippen LogP contribution is -2.55. The highest BCUT2D eigenvalue weighted by molar-refractivity contribution is 5.70. The molecule has 8 nitrogen and oxygen atoms in total. The summed E-state index contributed by atoms with van der Waals surface area (Å²) in [6.45, 7) is 4.51. The Morgan fingerprint density at radius 3 is 1.45 bits per heavy atom. The quantitative estimate of drug-likeness (QED) is 0.0198. The van der Waals surface area contributed by atoms with Crippen LogP contribution in [0.4, 0.5) is 0 Å². The molecule has 0 fully saturated rings. The van der Waals surface area contributed by atoms with E-state index in [4.69, 9.17) is 14.2 Å². The van der Waals surface area contributed by atoms with Crippen LogP contribution >= 0.6 is 0 Å². The number of aliphatic carboxylic acids is 1. The second kappa shape index (κ2) is 44.4. The number of hydrogen-bond donors (Lipinski definition) is 0. The average Bonchev–Trinajstić information content (AvgIpc) is 3.23. The number of rotatable bonds is 44. The Kier molecular flexibility index (Phi) is 42.1. The van der Waals surface area contributed by atoms with Crippen molar-refractivity contribution in [3.63, 3.8) is 0 Å². The molecule has 0 N–H and O–H groups in total. The fraction of sp³-hybridized carbons (Fsp3) is 0.722. The molecule has 0 aliphatic rings. The molecule has 0 aliphatic heterocycles. The summed E-state index contributed by atoms with van der Waals surface area (Å²) in [5.41, 5.74) is 0.